The second-order valence-electron chi connectivity index (χ2n) is 3.26. The van der Waals surface area contributed by atoms with Crippen LogP contribution in [0.1, 0.15) is 32.3 Å². The predicted octanol–water partition coefficient (Wildman–Crippen LogP) is 4.65. The van der Waals surface area contributed by atoms with Crippen LogP contribution in [0.4, 0.5) is 0 Å². The maximum atomic E-state index is 3.53. The van der Waals surface area contributed by atoms with Gasteiger partial charge in [0, 0.05) is 4.47 Å². The van der Waals surface area contributed by atoms with Crippen molar-refractivity contribution >= 4 is 22.0 Å². The highest BCUT2D eigenvalue weighted by molar-refractivity contribution is 9.10. The first-order valence-corrected chi connectivity index (χ1v) is 5.45. The molecule has 0 saturated carbocycles. The van der Waals surface area contributed by atoms with E-state index in [0.717, 1.165) is 0 Å². The summed E-state index contributed by atoms with van der Waals surface area (Å²) in [4.78, 5) is 0. The molecule has 0 N–H and O–H groups in total. The number of rotatable bonds is 3. The van der Waals surface area contributed by atoms with Crippen LogP contribution in [0, 0.1) is 0 Å². The predicted molar refractivity (Wildman–Crippen MR) is 62.7 cm³/mol. The van der Waals surface area contributed by atoms with Crippen molar-refractivity contribution in [2.45, 2.75) is 26.7 Å². The van der Waals surface area contributed by atoms with E-state index in [4.69, 9.17) is 0 Å². The molecule has 0 spiro atoms. The standard InChI is InChI=1S/C12H15Br/c1-3-6-10(2)9-11-7-4-5-8-12(11)13/h4-5,7-9H,3,6H2,1-2H3. The summed E-state index contributed by atoms with van der Waals surface area (Å²) in [5.74, 6) is 0. The summed E-state index contributed by atoms with van der Waals surface area (Å²) >= 11 is 3.53. The van der Waals surface area contributed by atoms with E-state index in [1.807, 2.05) is 6.07 Å². The molecule has 0 atom stereocenters. The van der Waals surface area contributed by atoms with Crippen molar-refractivity contribution < 1.29 is 0 Å². The number of hydrogen-bond donors (Lipinski definition) is 0. The summed E-state index contributed by atoms with van der Waals surface area (Å²) in [7, 11) is 0. The summed E-state index contributed by atoms with van der Waals surface area (Å²) in [6, 6.07) is 8.31. The normalized spacial score (nSPS) is 11.8. The molecule has 1 aromatic carbocycles. The summed E-state index contributed by atoms with van der Waals surface area (Å²) in [6.45, 7) is 4.39. The van der Waals surface area contributed by atoms with Crippen LogP contribution >= 0.6 is 15.9 Å². The highest BCUT2D eigenvalue weighted by Crippen LogP contribution is 2.19. The van der Waals surface area contributed by atoms with Crippen molar-refractivity contribution in [2.75, 3.05) is 0 Å². The van der Waals surface area contributed by atoms with Gasteiger partial charge in [0.2, 0.25) is 0 Å². The minimum Gasteiger partial charge on any atom is -0.0727 e. The molecule has 0 amide bonds. The highest BCUT2D eigenvalue weighted by Gasteiger charge is 1.94. The summed E-state index contributed by atoms with van der Waals surface area (Å²) < 4.78 is 1.17. The van der Waals surface area contributed by atoms with Crippen molar-refractivity contribution in [3.05, 3.63) is 39.9 Å². The van der Waals surface area contributed by atoms with E-state index in [-0.39, 0.29) is 0 Å². The average Bonchev–Trinajstić information content (AvgIpc) is 2.09. The molecule has 0 unspecified atom stereocenters. The fourth-order valence-electron chi connectivity index (χ4n) is 1.32. The van der Waals surface area contributed by atoms with E-state index in [1.165, 1.54) is 28.5 Å². The fourth-order valence-corrected chi connectivity index (χ4v) is 1.72. The maximum absolute atomic E-state index is 3.53. The van der Waals surface area contributed by atoms with Gasteiger partial charge in [-0.3, -0.25) is 0 Å². The van der Waals surface area contributed by atoms with Gasteiger partial charge in [-0.25, -0.2) is 0 Å². The largest absolute Gasteiger partial charge is 0.0727 e. The molecule has 0 radical (unpaired) electrons. The highest BCUT2D eigenvalue weighted by atomic mass is 79.9. The molecule has 13 heavy (non-hydrogen) atoms. The molecule has 0 aliphatic rings. The van der Waals surface area contributed by atoms with Crippen LogP contribution in [-0.4, -0.2) is 0 Å². The van der Waals surface area contributed by atoms with Crippen molar-refractivity contribution in [1.29, 1.82) is 0 Å². The van der Waals surface area contributed by atoms with Gasteiger partial charge in [-0.05, 0) is 25.0 Å². The van der Waals surface area contributed by atoms with Crippen molar-refractivity contribution in [3.63, 3.8) is 0 Å². The van der Waals surface area contributed by atoms with Gasteiger partial charge in [-0.15, -0.1) is 0 Å². The quantitative estimate of drug-likeness (QED) is 0.720. The third kappa shape index (κ3) is 3.35. The Morgan fingerprint density at radius 1 is 1.38 bits per heavy atom. The molecule has 1 aromatic rings. The molecular formula is C12H15Br. The lowest BCUT2D eigenvalue weighted by atomic mass is 10.1. The monoisotopic (exact) mass is 238 g/mol. The smallest absolute Gasteiger partial charge is 0.0247 e. The average molecular weight is 239 g/mol. The van der Waals surface area contributed by atoms with Gasteiger partial charge in [0.05, 0.1) is 0 Å². The van der Waals surface area contributed by atoms with Gasteiger partial charge in [0.15, 0.2) is 0 Å². The molecule has 0 heterocycles. The Hall–Kier alpha value is -0.560. The molecule has 0 fully saturated rings. The Morgan fingerprint density at radius 3 is 2.69 bits per heavy atom. The first-order valence-electron chi connectivity index (χ1n) is 4.65. The number of halogens is 1. The molecule has 0 aromatic heterocycles. The lowest BCUT2D eigenvalue weighted by Gasteiger charge is -2.00. The van der Waals surface area contributed by atoms with Crippen molar-refractivity contribution in [3.8, 4) is 0 Å². The van der Waals surface area contributed by atoms with Gasteiger partial charge in [0.1, 0.15) is 0 Å². The zero-order chi connectivity index (χ0) is 9.68. The third-order valence-corrected chi connectivity index (χ3v) is 2.67. The van der Waals surface area contributed by atoms with Gasteiger partial charge in [-0.1, -0.05) is 59.1 Å². The van der Waals surface area contributed by atoms with Gasteiger partial charge < -0.3 is 0 Å². The molecule has 70 valence electrons. The van der Waals surface area contributed by atoms with Crippen LogP contribution in [0.2, 0.25) is 0 Å². The third-order valence-electron chi connectivity index (χ3n) is 1.95. The molecule has 0 aliphatic carbocycles. The number of benzene rings is 1. The van der Waals surface area contributed by atoms with Gasteiger partial charge >= 0.3 is 0 Å². The minimum atomic E-state index is 1.17. The van der Waals surface area contributed by atoms with E-state index < -0.39 is 0 Å². The van der Waals surface area contributed by atoms with Crippen molar-refractivity contribution in [2.24, 2.45) is 0 Å². The summed E-state index contributed by atoms with van der Waals surface area (Å²) in [5, 5.41) is 0. The number of hydrogen-bond acceptors (Lipinski definition) is 0. The Balaban J connectivity index is 2.84. The molecule has 1 rings (SSSR count). The van der Waals surface area contributed by atoms with Crippen LogP contribution in [0.15, 0.2) is 34.3 Å². The van der Waals surface area contributed by atoms with E-state index >= 15 is 0 Å². The molecule has 0 aliphatic heterocycles. The van der Waals surface area contributed by atoms with Crippen LogP contribution in [-0.2, 0) is 0 Å². The topological polar surface area (TPSA) is 0 Å². The van der Waals surface area contributed by atoms with Gasteiger partial charge in [-0.2, -0.15) is 0 Å². The zero-order valence-electron chi connectivity index (χ0n) is 8.18. The van der Waals surface area contributed by atoms with Crippen LogP contribution in [0.25, 0.3) is 6.08 Å². The minimum absolute atomic E-state index is 1.17. The van der Waals surface area contributed by atoms with Crippen LogP contribution in [0.5, 0.6) is 0 Å². The lowest BCUT2D eigenvalue weighted by molar-refractivity contribution is 0.911. The molecule has 1 heteroatoms. The summed E-state index contributed by atoms with van der Waals surface area (Å²) in [6.07, 6.45) is 4.64. The Morgan fingerprint density at radius 2 is 2.08 bits per heavy atom. The second-order valence-corrected chi connectivity index (χ2v) is 4.12. The van der Waals surface area contributed by atoms with Gasteiger partial charge in [0.25, 0.3) is 0 Å². The van der Waals surface area contributed by atoms with Crippen LogP contribution < -0.4 is 0 Å². The zero-order valence-corrected chi connectivity index (χ0v) is 9.76. The Bertz CT molecular complexity index is 300. The second kappa shape index (κ2) is 5.23. The van der Waals surface area contributed by atoms with E-state index in [9.17, 15) is 0 Å². The first-order chi connectivity index (χ1) is 6.24. The summed E-state index contributed by atoms with van der Waals surface area (Å²) in [5.41, 5.74) is 2.71. The van der Waals surface area contributed by atoms with Crippen LogP contribution in [0.3, 0.4) is 0 Å². The first kappa shape index (κ1) is 10.5. The van der Waals surface area contributed by atoms with E-state index in [1.54, 1.807) is 0 Å². The van der Waals surface area contributed by atoms with E-state index in [2.05, 4.69) is 54.1 Å². The molecule has 0 nitrogen and oxygen atoms in total. The lowest BCUT2D eigenvalue weighted by Crippen LogP contribution is -1.78. The number of allylic oxidation sites excluding steroid dienone is 1. The molecule has 0 bridgehead atoms. The molecule has 0 saturated heterocycles. The Labute approximate surface area is 88.8 Å². The van der Waals surface area contributed by atoms with E-state index in [0.29, 0.717) is 0 Å². The SMILES string of the molecule is CCCC(C)=Cc1ccccc1Br. The van der Waals surface area contributed by atoms with Crippen molar-refractivity contribution in [1.82, 2.24) is 0 Å². The fraction of sp³-hybridized carbons (Fsp3) is 0.333. The molecular weight excluding hydrogens is 224 g/mol. The Kier molecular flexibility index (Phi) is 4.23. The maximum Gasteiger partial charge on any atom is 0.0247 e.